The SMILES string of the molecule is O=C1N(CCCCCCN2C(=O)N(C3CCCCC3)C2(NC2CCCCC2)P2(=O)Oc3ccccc3-c3ccccc32)C2(N(C3CCCCC3)Oc3ccccc3-c3ccccc3[PH]2=O)N1C1CCCCC1. The maximum Gasteiger partial charge on any atom is 0.338 e. The molecule has 1 N–H and O–H groups in total. The van der Waals surface area contributed by atoms with Crippen molar-refractivity contribution in [2.24, 2.45) is 0 Å². The van der Waals surface area contributed by atoms with Crippen LogP contribution in [0.2, 0.25) is 0 Å². The van der Waals surface area contributed by atoms with Gasteiger partial charge in [0, 0.05) is 47.6 Å². The molecule has 72 heavy (non-hydrogen) atoms. The highest BCUT2D eigenvalue weighted by Gasteiger charge is 2.73. The van der Waals surface area contributed by atoms with Crippen LogP contribution in [-0.4, -0.2) is 85.0 Å². The number of rotatable bonds is 13. The van der Waals surface area contributed by atoms with Crippen molar-refractivity contribution in [1.29, 1.82) is 0 Å². The smallest absolute Gasteiger partial charge is 0.338 e. The van der Waals surface area contributed by atoms with Crippen molar-refractivity contribution >= 4 is 37.8 Å². The van der Waals surface area contributed by atoms with E-state index in [0.29, 0.717) is 37.0 Å². The van der Waals surface area contributed by atoms with Crippen molar-refractivity contribution < 1.29 is 28.1 Å². The van der Waals surface area contributed by atoms with Crippen LogP contribution in [0.5, 0.6) is 11.5 Å². The highest BCUT2D eigenvalue weighted by atomic mass is 31.2. The number of hydrogen-bond donors (Lipinski definition) is 1. The Hall–Kier alpha value is -4.60. The Morgan fingerprint density at radius 2 is 1.01 bits per heavy atom. The zero-order valence-corrected chi connectivity index (χ0v) is 44.0. The molecule has 4 aliphatic heterocycles. The van der Waals surface area contributed by atoms with Crippen LogP contribution in [0.25, 0.3) is 22.3 Å². The average molecular weight is 1010 g/mol. The van der Waals surface area contributed by atoms with Gasteiger partial charge in [-0.3, -0.25) is 29.5 Å². The summed E-state index contributed by atoms with van der Waals surface area (Å²) < 4.78 is 39.9. The molecule has 12 rings (SSSR count). The number of hydrogen-bond acceptors (Lipinski definition) is 8. The molecule has 4 unspecified atom stereocenters. The minimum atomic E-state index is -3.92. The molecule has 0 bridgehead atoms. The Morgan fingerprint density at radius 1 is 0.528 bits per heavy atom. The number of carbonyl (C=O) groups excluding carboxylic acids is 2. The van der Waals surface area contributed by atoms with E-state index in [9.17, 15) is 0 Å². The van der Waals surface area contributed by atoms with Gasteiger partial charge >= 0.3 is 19.4 Å². The first-order valence-corrected chi connectivity index (χ1v) is 31.1. The van der Waals surface area contributed by atoms with Gasteiger partial charge < -0.3 is 13.9 Å². The molecule has 0 radical (unpaired) electrons. The number of hydroxylamine groups is 2. The van der Waals surface area contributed by atoms with Crippen molar-refractivity contribution in [3.63, 3.8) is 0 Å². The minimum absolute atomic E-state index is 0.00169. The van der Waals surface area contributed by atoms with Crippen molar-refractivity contribution in [2.45, 2.75) is 189 Å². The number of amides is 4. The lowest BCUT2D eigenvalue weighted by Crippen LogP contribution is -2.86. The van der Waals surface area contributed by atoms with Crippen LogP contribution in [0.1, 0.15) is 154 Å². The van der Waals surface area contributed by atoms with Crippen LogP contribution in [0.4, 0.5) is 9.59 Å². The Bertz CT molecular complexity index is 2660. The predicted octanol–water partition coefficient (Wildman–Crippen LogP) is 13.0. The lowest BCUT2D eigenvalue weighted by Gasteiger charge is -2.66. The van der Waals surface area contributed by atoms with E-state index in [1.807, 2.05) is 98.5 Å². The lowest BCUT2D eigenvalue weighted by atomic mass is 9.92. The Labute approximate surface area is 427 Å². The molecule has 6 fully saturated rings. The van der Waals surface area contributed by atoms with Gasteiger partial charge in [-0.25, -0.2) is 9.59 Å². The zero-order valence-electron chi connectivity index (χ0n) is 42.1. The maximum absolute atomic E-state index is 16.7. The minimum Gasteiger partial charge on any atom is -0.436 e. The molecule has 4 saturated carbocycles. The van der Waals surface area contributed by atoms with E-state index < -0.39 is 26.2 Å². The summed E-state index contributed by atoms with van der Waals surface area (Å²) in [6.07, 6.45) is 23.4. The second-order valence-electron chi connectivity index (χ2n) is 22.1. The van der Waals surface area contributed by atoms with Gasteiger partial charge in [0.2, 0.25) is 0 Å². The number of carbonyl (C=O) groups is 2. The molecule has 4 atom stereocenters. The summed E-state index contributed by atoms with van der Waals surface area (Å²) >= 11 is 0. The van der Waals surface area contributed by atoms with Crippen LogP contribution in [0, 0.1) is 0 Å². The molecule has 1 spiro atoms. The van der Waals surface area contributed by atoms with Crippen molar-refractivity contribution in [2.75, 3.05) is 13.1 Å². The third-order valence-electron chi connectivity index (χ3n) is 17.8. The van der Waals surface area contributed by atoms with Crippen molar-refractivity contribution in [1.82, 2.24) is 30.0 Å². The molecular formula is C58H74N6O6P2. The molecule has 4 aromatic rings. The van der Waals surface area contributed by atoms with Crippen LogP contribution in [0.15, 0.2) is 97.1 Å². The number of nitrogens with zero attached hydrogens (tertiary/aromatic N) is 5. The predicted molar refractivity (Wildman–Crippen MR) is 285 cm³/mol. The number of para-hydroxylation sites is 2. The summed E-state index contributed by atoms with van der Waals surface area (Å²) in [6, 6.07) is 32.1. The molecule has 8 aliphatic rings. The van der Waals surface area contributed by atoms with Crippen LogP contribution >= 0.6 is 15.2 Å². The Kier molecular flexibility index (Phi) is 13.6. The summed E-state index contributed by atoms with van der Waals surface area (Å²) in [4.78, 5) is 45.2. The van der Waals surface area contributed by atoms with Gasteiger partial charge in [-0.05, 0) is 93.5 Å². The highest BCUT2D eigenvalue weighted by Crippen LogP contribution is 2.68. The Balaban J connectivity index is 0.843. The quantitative estimate of drug-likeness (QED) is 0.104. The first kappa shape index (κ1) is 48.3. The summed E-state index contributed by atoms with van der Waals surface area (Å²) in [5.41, 5.74) is 1.09. The highest BCUT2D eigenvalue weighted by molar-refractivity contribution is 7.69. The van der Waals surface area contributed by atoms with E-state index in [-0.39, 0.29) is 36.2 Å². The molecule has 0 aromatic heterocycles. The molecule has 14 heteroatoms. The summed E-state index contributed by atoms with van der Waals surface area (Å²) in [7, 11) is -6.71. The van der Waals surface area contributed by atoms with Gasteiger partial charge in [0.15, 0.2) is 13.6 Å². The van der Waals surface area contributed by atoms with Gasteiger partial charge in [0.05, 0.1) is 11.3 Å². The second-order valence-corrected chi connectivity index (χ2v) is 26.4. The summed E-state index contributed by atoms with van der Waals surface area (Å²) in [6.45, 7) is 0.869. The van der Waals surface area contributed by atoms with Crippen molar-refractivity contribution in [3.05, 3.63) is 97.1 Å². The molecule has 4 heterocycles. The van der Waals surface area contributed by atoms with E-state index in [1.54, 1.807) is 0 Å². The number of urea groups is 2. The molecular weight excluding hydrogens is 939 g/mol. The van der Waals surface area contributed by atoms with Gasteiger partial charge in [-0.15, -0.1) is 0 Å². The zero-order chi connectivity index (χ0) is 48.9. The Morgan fingerprint density at radius 3 is 1.67 bits per heavy atom. The van der Waals surface area contributed by atoms with E-state index in [4.69, 9.17) is 9.36 Å². The third-order valence-corrected chi connectivity index (χ3v) is 22.9. The number of unbranched alkanes of at least 4 members (excludes halogenated alkanes) is 3. The van der Waals surface area contributed by atoms with Crippen LogP contribution in [0.3, 0.4) is 0 Å². The average Bonchev–Trinajstić information content (AvgIpc) is 3.43. The lowest BCUT2D eigenvalue weighted by molar-refractivity contribution is -0.273. The van der Waals surface area contributed by atoms with Gasteiger partial charge in [0.1, 0.15) is 5.75 Å². The largest absolute Gasteiger partial charge is 0.436 e. The normalized spacial score (nSPS) is 28.4. The van der Waals surface area contributed by atoms with Gasteiger partial charge in [0.25, 0.3) is 11.1 Å². The van der Waals surface area contributed by atoms with Crippen molar-refractivity contribution in [3.8, 4) is 33.8 Å². The molecule has 12 nitrogen and oxygen atoms in total. The van der Waals surface area contributed by atoms with Gasteiger partial charge in [-0.1, -0.05) is 174 Å². The molecule has 2 saturated heterocycles. The molecule has 382 valence electrons. The number of nitrogens with one attached hydrogen (secondary N) is 1. The van der Waals surface area contributed by atoms with Crippen LogP contribution in [-0.2, 0) is 9.13 Å². The maximum atomic E-state index is 16.7. The number of benzene rings is 4. The van der Waals surface area contributed by atoms with Crippen LogP contribution < -0.4 is 25.3 Å². The third kappa shape index (κ3) is 7.89. The molecule has 4 aliphatic carbocycles. The van der Waals surface area contributed by atoms with E-state index in [1.165, 1.54) is 6.42 Å². The number of fused-ring (bicyclic) bond motifs is 6. The fourth-order valence-corrected chi connectivity index (χ4v) is 19.9. The molecule has 4 aromatic carbocycles. The summed E-state index contributed by atoms with van der Waals surface area (Å²) in [5, 5.41) is 7.59. The fourth-order valence-electron chi connectivity index (χ4n) is 14.3. The van der Waals surface area contributed by atoms with Gasteiger partial charge in [-0.2, -0.15) is 0 Å². The first-order chi connectivity index (χ1) is 35.4. The molecule has 4 amide bonds. The summed E-state index contributed by atoms with van der Waals surface area (Å²) in [5.74, 6) is 1.33. The van der Waals surface area contributed by atoms with E-state index in [2.05, 4.69) is 28.6 Å². The fraction of sp³-hybridized carbons (Fsp3) is 0.552. The monoisotopic (exact) mass is 1010 g/mol. The van der Waals surface area contributed by atoms with E-state index in [0.717, 1.165) is 168 Å². The first-order valence-electron chi connectivity index (χ1n) is 28.0. The second kappa shape index (κ2) is 20.3. The standard InChI is InChI=1S/C58H74N6O6P2/c65-55-60(57(59-43-25-7-3-8-26-43,62(55)44-27-9-4-10-28-44)72(68)54-40-22-18-36-50(54)48-34-16-20-38-52(48)70-72)41-23-1-2-24-42-61-56(66)63(45-29-11-5-12-30-45)58(61)64(46-31-13-6-14-32-46)69-51-37-19-15-33-47(51)49-35-17-21-39-53(49)71(58)67/h15-22,33-40,43-46,59,71H,1-14,23-32,41-42H2. The van der Waals surface area contributed by atoms with E-state index >= 15 is 18.7 Å². The topological polar surface area (TPSA) is 115 Å².